The number of aliphatic hydroxyl groups is 1. The molecule has 2 aromatic rings. The minimum Gasteiger partial charge on any atom is -0.464 e. The summed E-state index contributed by atoms with van der Waals surface area (Å²) in [7, 11) is 1.31. The lowest BCUT2D eigenvalue weighted by Gasteiger charge is -2.27. The lowest BCUT2D eigenvalue weighted by molar-refractivity contribution is -0.119. The van der Waals surface area contributed by atoms with Gasteiger partial charge in [0.15, 0.2) is 5.69 Å². The molecule has 0 saturated carbocycles. The van der Waals surface area contributed by atoms with Crippen molar-refractivity contribution < 1.29 is 24.2 Å². The zero-order chi connectivity index (χ0) is 22.1. The predicted octanol–water partition coefficient (Wildman–Crippen LogP) is 2.39. The molecule has 1 amide bonds. The third-order valence-corrected chi connectivity index (χ3v) is 5.58. The summed E-state index contributed by atoms with van der Waals surface area (Å²) in [6.45, 7) is 8.58. The van der Waals surface area contributed by atoms with Gasteiger partial charge in [0.1, 0.15) is 5.65 Å². The van der Waals surface area contributed by atoms with Gasteiger partial charge in [-0.3, -0.25) is 4.79 Å². The molecular formula is C21H30N4O5. The number of carbonyl (C=O) groups is 2. The molecule has 0 radical (unpaired) electrons. The quantitative estimate of drug-likeness (QED) is 0.592. The molecule has 0 aromatic carbocycles. The average Bonchev–Trinajstić information content (AvgIpc) is 3.33. The van der Waals surface area contributed by atoms with E-state index in [-0.39, 0.29) is 23.6 Å². The van der Waals surface area contributed by atoms with Crippen LogP contribution in [0.5, 0.6) is 0 Å². The van der Waals surface area contributed by atoms with Crippen molar-refractivity contribution in [1.29, 1.82) is 0 Å². The van der Waals surface area contributed by atoms with E-state index < -0.39 is 11.6 Å². The summed E-state index contributed by atoms with van der Waals surface area (Å²) in [6.07, 6.45) is 2.29. The van der Waals surface area contributed by atoms with E-state index in [0.717, 1.165) is 0 Å². The van der Waals surface area contributed by atoms with E-state index in [2.05, 4.69) is 15.6 Å². The summed E-state index contributed by atoms with van der Waals surface area (Å²) < 4.78 is 12.0. The zero-order valence-corrected chi connectivity index (χ0v) is 18.1. The molecule has 0 unspecified atom stereocenters. The summed E-state index contributed by atoms with van der Waals surface area (Å²) >= 11 is 0. The fourth-order valence-corrected chi connectivity index (χ4v) is 3.44. The van der Waals surface area contributed by atoms with Crippen LogP contribution in [0.1, 0.15) is 44.6 Å². The van der Waals surface area contributed by atoms with Crippen molar-refractivity contribution in [2.24, 2.45) is 5.92 Å². The first-order chi connectivity index (χ1) is 14.2. The molecule has 30 heavy (non-hydrogen) atoms. The van der Waals surface area contributed by atoms with E-state index in [1.165, 1.54) is 7.11 Å². The van der Waals surface area contributed by atoms with Crippen LogP contribution in [0.3, 0.4) is 0 Å². The molecule has 164 valence electrons. The fraction of sp³-hybridized carbons (Fsp3) is 0.571. The lowest BCUT2D eigenvalue weighted by Crippen LogP contribution is -2.39. The number of nitrogens with one attached hydrogen (secondary N) is 2. The number of hydrogen-bond donors (Lipinski definition) is 3. The van der Waals surface area contributed by atoms with E-state index in [0.29, 0.717) is 48.6 Å². The molecule has 2 aromatic heterocycles. The number of esters is 1. The first kappa shape index (κ1) is 22.0. The van der Waals surface area contributed by atoms with E-state index in [1.807, 2.05) is 19.9 Å². The van der Waals surface area contributed by atoms with Gasteiger partial charge < -0.3 is 29.8 Å². The van der Waals surface area contributed by atoms with Crippen LogP contribution in [0.2, 0.25) is 0 Å². The smallest absolute Gasteiger partial charge is 0.356 e. The standard InChI is InChI=1S/C21H30N4O5/c1-6-25-17(20(27)29-5)16(24-19(26)13-7-8-30-11-13)15-9-14(10-22-18(15)25)23-12(2)21(3,4)28/h9-10,12-13,23,28H,6-8,11H2,1-5H3,(H,24,26)/t12-,13+/m0/s1. The van der Waals surface area contributed by atoms with Gasteiger partial charge in [0.25, 0.3) is 0 Å². The number of rotatable bonds is 7. The van der Waals surface area contributed by atoms with Crippen LogP contribution in [0.4, 0.5) is 11.4 Å². The number of carbonyl (C=O) groups excluding carboxylic acids is 2. The number of anilines is 2. The number of fused-ring (bicyclic) bond motifs is 1. The van der Waals surface area contributed by atoms with Crippen molar-refractivity contribution in [3.8, 4) is 0 Å². The number of ether oxygens (including phenoxy) is 2. The molecule has 1 fully saturated rings. The van der Waals surface area contributed by atoms with E-state index in [1.54, 1.807) is 24.6 Å². The maximum atomic E-state index is 12.8. The van der Waals surface area contributed by atoms with Gasteiger partial charge in [0, 0.05) is 18.5 Å². The number of aryl methyl sites for hydroxylation is 1. The van der Waals surface area contributed by atoms with Crippen LogP contribution >= 0.6 is 0 Å². The fourth-order valence-electron chi connectivity index (χ4n) is 3.44. The number of aromatic nitrogens is 2. The van der Waals surface area contributed by atoms with Gasteiger partial charge in [-0.15, -0.1) is 0 Å². The molecule has 1 aliphatic rings. The largest absolute Gasteiger partial charge is 0.464 e. The number of nitrogens with zero attached hydrogens (tertiary/aromatic N) is 2. The average molecular weight is 418 g/mol. The number of hydrogen-bond acceptors (Lipinski definition) is 7. The Morgan fingerprint density at radius 1 is 1.47 bits per heavy atom. The number of methoxy groups -OCH3 is 1. The molecule has 3 rings (SSSR count). The van der Waals surface area contributed by atoms with Crippen molar-refractivity contribution in [2.45, 2.75) is 52.3 Å². The van der Waals surface area contributed by atoms with Crippen LogP contribution in [0.25, 0.3) is 11.0 Å². The summed E-state index contributed by atoms with van der Waals surface area (Å²) in [5.74, 6) is -1.01. The Morgan fingerprint density at radius 2 is 2.20 bits per heavy atom. The lowest BCUT2D eigenvalue weighted by atomic mass is 10.0. The molecule has 3 heterocycles. The topological polar surface area (TPSA) is 115 Å². The number of amides is 1. The van der Waals surface area contributed by atoms with Crippen LogP contribution in [-0.2, 0) is 20.8 Å². The Bertz CT molecular complexity index is 941. The molecule has 0 spiro atoms. The number of pyridine rings is 1. The Balaban J connectivity index is 2.09. The maximum Gasteiger partial charge on any atom is 0.356 e. The molecule has 1 saturated heterocycles. The van der Waals surface area contributed by atoms with E-state index in [9.17, 15) is 14.7 Å². The predicted molar refractivity (Wildman–Crippen MR) is 114 cm³/mol. The minimum absolute atomic E-state index is 0.198. The molecule has 9 heteroatoms. The van der Waals surface area contributed by atoms with E-state index >= 15 is 0 Å². The molecule has 9 nitrogen and oxygen atoms in total. The molecule has 0 bridgehead atoms. The van der Waals surface area contributed by atoms with Crippen molar-refractivity contribution in [1.82, 2.24) is 9.55 Å². The van der Waals surface area contributed by atoms with Crippen molar-refractivity contribution in [3.05, 3.63) is 18.0 Å². The Morgan fingerprint density at radius 3 is 2.77 bits per heavy atom. The highest BCUT2D eigenvalue weighted by atomic mass is 16.5. The molecule has 2 atom stereocenters. The van der Waals surface area contributed by atoms with Crippen LogP contribution in [-0.4, -0.2) is 58.5 Å². The molecule has 0 aliphatic carbocycles. The zero-order valence-electron chi connectivity index (χ0n) is 18.1. The van der Waals surface area contributed by atoms with Gasteiger partial charge in [-0.25, -0.2) is 9.78 Å². The Hall–Kier alpha value is -2.65. The Labute approximate surface area is 175 Å². The van der Waals surface area contributed by atoms with Crippen molar-refractivity contribution in [2.75, 3.05) is 31.0 Å². The first-order valence-corrected chi connectivity index (χ1v) is 10.1. The summed E-state index contributed by atoms with van der Waals surface area (Å²) in [5.41, 5.74) is 0.921. The summed E-state index contributed by atoms with van der Waals surface area (Å²) in [5, 5.41) is 17.0. The first-order valence-electron chi connectivity index (χ1n) is 10.1. The van der Waals surface area contributed by atoms with Crippen molar-refractivity contribution >= 4 is 34.3 Å². The third kappa shape index (κ3) is 4.27. The van der Waals surface area contributed by atoms with Gasteiger partial charge in [-0.05, 0) is 40.2 Å². The van der Waals surface area contributed by atoms with Crippen LogP contribution < -0.4 is 10.6 Å². The molecule has 1 aliphatic heterocycles. The van der Waals surface area contributed by atoms with Gasteiger partial charge in [-0.2, -0.15) is 0 Å². The van der Waals surface area contributed by atoms with Crippen LogP contribution in [0, 0.1) is 5.92 Å². The Kier molecular flexibility index (Phi) is 6.33. The molecule has 3 N–H and O–H groups in total. The van der Waals surface area contributed by atoms with Crippen LogP contribution in [0.15, 0.2) is 12.3 Å². The highest BCUT2D eigenvalue weighted by Gasteiger charge is 2.30. The minimum atomic E-state index is -0.943. The molecular weight excluding hydrogens is 388 g/mol. The second-order valence-electron chi connectivity index (χ2n) is 8.12. The summed E-state index contributed by atoms with van der Waals surface area (Å²) in [4.78, 5) is 29.9. The van der Waals surface area contributed by atoms with Gasteiger partial charge in [0.05, 0.1) is 48.8 Å². The van der Waals surface area contributed by atoms with E-state index in [4.69, 9.17) is 9.47 Å². The second-order valence-corrected chi connectivity index (χ2v) is 8.12. The normalized spacial score (nSPS) is 17.7. The highest BCUT2D eigenvalue weighted by Crippen LogP contribution is 2.33. The third-order valence-electron chi connectivity index (χ3n) is 5.58. The maximum absolute atomic E-state index is 12.8. The second kappa shape index (κ2) is 8.61. The SMILES string of the molecule is CCn1c(C(=O)OC)c(NC(=O)[C@@H]2CCOC2)c2cc(N[C@@H](C)C(C)(C)O)cnc21. The van der Waals surface area contributed by atoms with Gasteiger partial charge >= 0.3 is 5.97 Å². The van der Waals surface area contributed by atoms with Gasteiger partial charge in [0.2, 0.25) is 5.91 Å². The van der Waals surface area contributed by atoms with Crippen molar-refractivity contribution in [3.63, 3.8) is 0 Å². The highest BCUT2D eigenvalue weighted by molar-refractivity contribution is 6.11. The monoisotopic (exact) mass is 418 g/mol. The van der Waals surface area contributed by atoms with Gasteiger partial charge in [-0.1, -0.05) is 0 Å². The summed E-state index contributed by atoms with van der Waals surface area (Å²) in [6, 6.07) is 1.57.